The Morgan fingerprint density at radius 1 is 1.57 bits per heavy atom. The van der Waals surface area contributed by atoms with Crippen molar-refractivity contribution in [1.29, 1.82) is 0 Å². The van der Waals surface area contributed by atoms with Gasteiger partial charge in [-0.2, -0.15) is 4.31 Å². The van der Waals surface area contributed by atoms with Gasteiger partial charge >= 0.3 is 5.97 Å². The molecule has 0 unspecified atom stereocenters. The van der Waals surface area contributed by atoms with Gasteiger partial charge in [-0.05, 0) is 6.92 Å². The first-order valence-corrected chi connectivity index (χ1v) is 5.89. The standard InChI is InChI=1S/C7H13NO5S/c1-7(13-3-6(9)10)4-8(5-7)14(2,11)12/h3-5H2,1-2H3,(H,9,10). The van der Waals surface area contributed by atoms with Crippen LogP contribution in [0.15, 0.2) is 0 Å². The monoisotopic (exact) mass is 223 g/mol. The van der Waals surface area contributed by atoms with Gasteiger partial charge in [0.2, 0.25) is 10.0 Å². The maximum Gasteiger partial charge on any atom is 0.329 e. The molecule has 82 valence electrons. The Labute approximate surface area is 82.5 Å². The van der Waals surface area contributed by atoms with E-state index in [-0.39, 0.29) is 13.1 Å². The average Bonchev–Trinajstić information content (AvgIpc) is 1.93. The van der Waals surface area contributed by atoms with Gasteiger partial charge in [-0.15, -0.1) is 0 Å². The Balaban J connectivity index is 2.42. The summed E-state index contributed by atoms with van der Waals surface area (Å²) in [6, 6.07) is 0. The number of carboxylic acids is 1. The molecule has 1 fully saturated rings. The summed E-state index contributed by atoms with van der Waals surface area (Å²) in [4.78, 5) is 10.2. The number of carbonyl (C=O) groups is 1. The Morgan fingerprint density at radius 2 is 2.07 bits per heavy atom. The Morgan fingerprint density at radius 3 is 2.43 bits per heavy atom. The molecule has 1 saturated heterocycles. The quantitative estimate of drug-likeness (QED) is 0.669. The van der Waals surface area contributed by atoms with Crippen molar-refractivity contribution < 1.29 is 23.1 Å². The third-order valence-corrected chi connectivity index (χ3v) is 3.23. The Hall–Kier alpha value is -0.660. The molecule has 1 N–H and O–H groups in total. The largest absolute Gasteiger partial charge is 0.480 e. The van der Waals surface area contributed by atoms with Crippen LogP contribution in [0.4, 0.5) is 0 Å². The molecule has 0 bridgehead atoms. The molecule has 0 spiro atoms. The van der Waals surface area contributed by atoms with Crippen LogP contribution in [0.25, 0.3) is 0 Å². The van der Waals surface area contributed by atoms with E-state index < -0.39 is 28.2 Å². The lowest BCUT2D eigenvalue weighted by Gasteiger charge is -2.45. The maximum atomic E-state index is 11.0. The zero-order valence-electron chi connectivity index (χ0n) is 8.06. The fraction of sp³-hybridized carbons (Fsp3) is 0.857. The molecular weight excluding hydrogens is 210 g/mol. The molecule has 14 heavy (non-hydrogen) atoms. The normalized spacial score (nSPS) is 21.6. The van der Waals surface area contributed by atoms with E-state index in [2.05, 4.69) is 0 Å². The van der Waals surface area contributed by atoms with E-state index in [1.54, 1.807) is 6.92 Å². The maximum absolute atomic E-state index is 11.0. The molecule has 1 aliphatic rings. The molecule has 1 aliphatic heterocycles. The molecule has 0 amide bonds. The van der Waals surface area contributed by atoms with Crippen LogP contribution in [-0.2, 0) is 19.6 Å². The van der Waals surface area contributed by atoms with E-state index in [4.69, 9.17) is 9.84 Å². The summed E-state index contributed by atoms with van der Waals surface area (Å²) in [6.07, 6.45) is 1.11. The zero-order valence-corrected chi connectivity index (χ0v) is 8.87. The summed E-state index contributed by atoms with van der Waals surface area (Å²) >= 11 is 0. The Bertz CT molecular complexity index is 330. The number of hydrogen-bond donors (Lipinski definition) is 1. The summed E-state index contributed by atoms with van der Waals surface area (Å²) in [5.41, 5.74) is -0.651. The minimum absolute atomic E-state index is 0.221. The van der Waals surface area contributed by atoms with Crippen molar-refractivity contribution in [2.24, 2.45) is 0 Å². The highest BCUT2D eigenvalue weighted by atomic mass is 32.2. The van der Waals surface area contributed by atoms with Crippen LogP contribution < -0.4 is 0 Å². The molecule has 0 saturated carbocycles. The van der Waals surface area contributed by atoms with Gasteiger partial charge in [-0.25, -0.2) is 13.2 Å². The third-order valence-electron chi connectivity index (χ3n) is 2.03. The van der Waals surface area contributed by atoms with Gasteiger partial charge in [-0.3, -0.25) is 0 Å². The lowest BCUT2D eigenvalue weighted by atomic mass is 10.0. The van der Waals surface area contributed by atoms with E-state index in [0.29, 0.717) is 0 Å². The van der Waals surface area contributed by atoms with Crippen molar-refractivity contribution in [2.45, 2.75) is 12.5 Å². The van der Waals surface area contributed by atoms with Crippen molar-refractivity contribution >= 4 is 16.0 Å². The van der Waals surface area contributed by atoms with E-state index in [9.17, 15) is 13.2 Å². The van der Waals surface area contributed by atoms with Crippen LogP contribution in [0, 0.1) is 0 Å². The summed E-state index contributed by atoms with van der Waals surface area (Å²) < 4.78 is 28.3. The fourth-order valence-electron chi connectivity index (χ4n) is 1.26. The Kier molecular flexibility index (Phi) is 2.84. The van der Waals surface area contributed by atoms with Crippen LogP contribution in [0.2, 0.25) is 0 Å². The number of ether oxygens (including phenoxy) is 1. The van der Waals surface area contributed by atoms with Crippen molar-refractivity contribution in [3.63, 3.8) is 0 Å². The molecule has 1 heterocycles. The van der Waals surface area contributed by atoms with Crippen molar-refractivity contribution in [2.75, 3.05) is 26.0 Å². The lowest BCUT2D eigenvalue weighted by molar-refractivity contribution is -0.157. The fourth-order valence-corrected chi connectivity index (χ4v) is 2.28. The predicted octanol–water partition coefficient (Wildman–Crippen LogP) is -0.878. The zero-order chi connectivity index (χ0) is 11.0. The van der Waals surface area contributed by atoms with Crippen LogP contribution in [-0.4, -0.2) is 55.4 Å². The minimum Gasteiger partial charge on any atom is -0.480 e. The molecule has 6 nitrogen and oxygen atoms in total. The molecule has 0 atom stereocenters. The van der Waals surface area contributed by atoms with Gasteiger partial charge in [0, 0.05) is 13.1 Å². The van der Waals surface area contributed by atoms with E-state index >= 15 is 0 Å². The van der Waals surface area contributed by atoms with Gasteiger partial charge < -0.3 is 9.84 Å². The first kappa shape index (κ1) is 11.4. The van der Waals surface area contributed by atoms with Crippen LogP contribution in [0.1, 0.15) is 6.92 Å². The van der Waals surface area contributed by atoms with Crippen LogP contribution >= 0.6 is 0 Å². The smallest absolute Gasteiger partial charge is 0.329 e. The summed E-state index contributed by atoms with van der Waals surface area (Å²) in [7, 11) is -3.17. The molecule has 0 aromatic carbocycles. The van der Waals surface area contributed by atoms with Gasteiger partial charge in [0.05, 0.1) is 11.9 Å². The van der Waals surface area contributed by atoms with Crippen molar-refractivity contribution in [1.82, 2.24) is 4.31 Å². The molecule has 1 rings (SSSR count). The molecule has 0 aromatic heterocycles. The highest BCUT2D eigenvalue weighted by molar-refractivity contribution is 7.88. The highest BCUT2D eigenvalue weighted by Gasteiger charge is 2.44. The van der Waals surface area contributed by atoms with Gasteiger partial charge in [-0.1, -0.05) is 0 Å². The number of sulfonamides is 1. The van der Waals surface area contributed by atoms with E-state index in [0.717, 1.165) is 6.26 Å². The molecular formula is C7H13NO5S. The topological polar surface area (TPSA) is 83.9 Å². The second kappa shape index (κ2) is 3.48. The number of rotatable bonds is 4. The lowest BCUT2D eigenvalue weighted by Crippen LogP contribution is -2.63. The second-order valence-corrected chi connectivity index (χ2v) is 5.65. The first-order chi connectivity index (χ1) is 6.23. The van der Waals surface area contributed by atoms with Crippen LogP contribution in [0.5, 0.6) is 0 Å². The van der Waals surface area contributed by atoms with Gasteiger partial charge in [0.15, 0.2) is 0 Å². The SMILES string of the molecule is CC1(OCC(=O)O)CN(S(C)(=O)=O)C1. The molecule has 0 aromatic rings. The van der Waals surface area contributed by atoms with Crippen LogP contribution in [0.3, 0.4) is 0 Å². The number of hydrogen-bond acceptors (Lipinski definition) is 4. The summed E-state index contributed by atoms with van der Waals surface area (Å²) in [5.74, 6) is -1.05. The van der Waals surface area contributed by atoms with E-state index in [1.807, 2.05) is 0 Å². The first-order valence-electron chi connectivity index (χ1n) is 4.04. The molecule has 7 heteroatoms. The van der Waals surface area contributed by atoms with Gasteiger partial charge in [0.25, 0.3) is 0 Å². The van der Waals surface area contributed by atoms with E-state index in [1.165, 1.54) is 4.31 Å². The third kappa shape index (κ3) is 2.66. The predicted molar refractivity (Wildman–Crippen MR) is 48.4 cm³/mol. The van der Waals surface area contributed by atoms with Gasteiger partial charge in [0.1, 0.15) is 6.61 Å². The van der Waals surface area contributed by atoms with Crippen molar-refractivity contribution in [3.05, 3.63) is 0 Å². The number of nitrogens with zero attached hydrogens (tertiary/aromatic N) is 1. The number of carboxylic acid groups (broad SMARTS) is 1. The highest BCUT2D eigenvalue weighted by Crippen LogP contribution is 2.26. The second-order valence-electron chi connectivity index (χ2n) is 3.66. The summed E-state index contributed by atoms with van der Waals surface area (Å²) in [6.45, 7) is 1.74. The van der Waals surface area contributed by atoms with Crippen molar-refractivity contribution in [3.8, 4) is 0 Å². The summed E-state index contributed by atoms with van der Waals surface area (Å²) in [5, 5.41) is 8.37. The minimum atomic E-state index is -3.17. The number of aliphatic carboxylic acids is 1. The molecule has 0 radical (unpaired) electrons. The average molecular weight is 223 g/mol. The molecule has 0 aliphatic carbocycles.